The molecule has 3 heterocycles. The second-order valence-corrected chi connectivity index (χ2v) is 6.35. The van der Waals surface area contributed by atoms with E-state index >= 15 is 0 Å². The number of amides is 1. The Labute approximate surface area is 156 Å². The van der Waals surface area contributed by atoms with Crippen molar-refractivity contribution in [1.82, 2.24) is 19.9 Å². The van der Waals surface area contributed by atoms with Crippen molar-refractivity contribution in [3.8, 4) is 0 Å². The summed E-state index contributed by atoms with van der Waals surface area (Å²) >= 11 is 0. The number of aryl methyl sites for hydroxylation is 1. The molecule has 0 bridgehead atoms. The monoisotopic (exact) mass is 361 g/mol. The number of benzene rings is 1. The van der Waals surface area contributed by atoms with Crippen LogP contribution in [0, 0.1) is 5.92 Å². The van der Waals surface area contributed by atoms with E-state index in [9.17, 15) is 4.79 Å². The van der Waals surface area contributed by atoms with Gasteiger partial charge in [0.1, 0.15) is 6.33 Å². The summed E-state index contributed by atoms with van der Waals surface area (Å²) in [5, 5.41) is 0. The van der Waals surface area contributed by atoms with Crippen molar-refractivity contribution in [2.45, 2.75) is 19.8 Å². The largest absolute Gasteiger partial charge is 0.448 e. The number of furan rings is 1. The number of anilines is 2. The molecule has 7 heteroatoms. The first-order valence-corrected chi connectivity index (χ1v) is 8.79. The number of nitrogens with zero attached hydrogens (tertiary/aromatic N) is 4. The van der Waals surface area contributed by atoms with Crippen LogP contribution in [0.5, 0.6) is 0 Å². The van der Waals surface area contributed by atoms with Crippen LogP contribution in [-0.2, 0) is 11.2 Å². The van der Waals surface area contributed by atoms with Crippen molar-refractivity contribution in [3.05, 3.63) is 66.9 Å². The van der Waals surface area contributed by atoms with Gasteiger partial charge in [-0.05, 0) is 24.5 Å². The van der Waals surface area contributed by atoms with Gasteiger partial charge >= 0.3 is 0 Å². The predicted molar refractivity (Wildman–Crippen MR) is 101 cm³/mol. The van der Waals surface area contributed by atoms with Gasteiger partial charge in [0.05, 0.1) is 12.6 Å². The number of carbonyl (C=O) groups excluding carboxylic acids is 1. The molecule has 4 aromatic rings. The summed E-state index contributed by atoms with van der Waals surface area (Å²) in [7, 11) is 0. The molecule has 0 spiro atoms. The fraction of sp³-hybridized carbons (Fsp3) is 0.200. The summed E-state index contributed by atoms with van der Waals surface area (Å²) in [5.74, 6) is 0.505. The average Bonchev–Trinajstić information content (AvgIpc) is 3.39. The molecule has 3 aromatic heterocycles. The minimum atomic E-state index is -0.223. The lowest BCUT2D eigenvalue weighted by Gasteiger charge is -2.22. The van der Waals surface area contributed by atoms with Gasteiger partial charge in [-0.25, -0.2) is 19.9 Å². The van der Waals surface area contributed by atoms with E-state index in [-0.39, 0.29) is 11.8 Å². The van der Waals surface area contributed by atoms with Crippen molar-refractivity contribution in [1.29, 1.82) is 0 Å². The lowest BCUT2D eigenvalue weighted by molar-refractivity contribution is -0.121. The summed E-state index contributed by atoms with van der Waals surface area (Å²) in [4.78, 5) is 30.5. The van der Waals surface area contributed by atoms with Crippen molar-refractivity contribution in [2.75, 3.05) is 4.90 Å². The van der Waals surface area contributed by atoms with Crippen molar-refractivity contribution in [2.24, 2.45) is 5.92 Å². The lowest BCUT2D eigenvalue weighted by atomic mass is 10.00. The van der Waals surface area contributed by atoms with Gasteiger partial charge < -0.3 is 9.40 Å². The van der Waals surface area contributed by atoms with E-state index in [0.717, 1.165) is 12.8 Å². The van der Waals surface area contributed by atoms with E-state index in [2.05, 4.69) is 32.1 Å². The third-order valence-corrected chi connectivity index (χ3v) is 4.49. The number of H-pyrrole nitrogens is 1. The van der Waals surface area contributed by atoms with Gasteiger partial charge in [0.25, 0.3) is 0 Å². The first-order valence-electron chi connectivity index (χ1n) is 8.79. The highest BCUT2D eigenvalue weighted by Gasteiger charge is 2.28. The lowest BCUT2D eigenvalue weighted by Crippen LogP contribution is -2.32. The minimum Gasteiger partial charge on any atom is -0.448 e. The molecule has 0 aliphatic carbocycles. The van der Waals surface area contributed by atoms with Crippen LogP contribution in [0.15, 0.2) is 65.8 Å². The van der Waals surface area contributed by atoms with Gasteiger partial charge in [-0.3, -0.25) is 4.79 Å². The van der Waals surface area contributed by atoms with Crippen LogP contribution in [0.3, 0.4) is 0 Å². The molecule has 1 aromatic carbocycles. The number of carbonyl (C=O) groups is 1. The number of hydrogen-bond donors (Lipinski definition) is 1. The Morgan fingerprint density at radius 1 is 1.15 bits per heavy atom. The van der Waals surface area contributed by atoms with Crippen molar-refractivity contribution >= 4 is 28.8 Å². The third kappa shape index (κ3) is 3.44. The molecule has 0 aliphatic heterocycles. The van der Waals surface area contributed by atoms with E-state index in [1.54, 1.807) is 12.1 Å². The maximum absolute atomic E-state index is 13.3. The van der Waals surface area contributed by atoms with Gasteiger partial charge in [-0.1, -0.05) is 37.3 Å². The highest BCUT2D eigenvalue weighted by Crippen LogP contribution is 2.30. The molecular weight excluding hydrogens is 342 g/mol. The standard InChI is InChI=1S/C20H19N5O2/c1-14(9-10-15-6-3-2-4-7-15)20(26)25(16-8-5-11-27-16)19-17-18(22-12-21-17)23-13-24-19/h2-8,11-14H,9-10H2,1H3,(H,21,22,23,24). The van der Waals surface area contributed by atoms with E-state index < -0.39 is 0 Å². The predicted octanol–water partition coefficient (Wildman–Crippen LogP) is 3.88. The number of nitrogens with one attached hydrogen (secondary N) is 1. The molecule has 0 fully saturated rings. The van der Waals surface area contributed by atoms with Gasteiger partial charge in [0.15, 0.2) is 17.0 Å². The summed E-state index contributed by atoms with van der Waals surface area (Å²) in [6.07, 6.45) is 6.02. The van der Waals surface area contributed by atoms with E-state index in [1.807, 2.05) is 25.1 Å². The van der Waals surface area contributed by atoms with Crippen molar-refractivity contribution < 1.29 is 9.21 Å². The smallest absolute Gasteiger partial charge is 0.238 e. The Bertz CT molecular complexity index is 1030. The molecule has 7 nitrogen and oxygen atoms in total. The fourth-order valence-corrected chi connectivity index (χ4v) is 3.00. The van der Waals surface area contributed by atoms with Crippen LogP contribution < -0.4 is 4.90 Å². The molecule has 0 saturated heterocycles. The zero-order chi connectivity index (χ0) is 18.6. The molecule has 0 saturated carbocycles. The zero-order valence-electron chi connectivity index (χ0n) is 14.9. The van der Waals surface area contributed by atoms with Crippen LogP contribution in [0.2, 0.25) is 0 Å². The van der Waals surface area contributed by atoms with Crippen LogP contribution in [0.4, 0.5) is 11.7 Å². The summed E-state index contributed by atoms with van der Waals surface area (Å²) in [6, 6.07) is 13.6. The Morgan fingerprint density at radius 3 is 2.78 bits per heavy atom. The number of aromatic amines is 1. The molecule has 4 rings (SSSR count). The minimum absolute atomic E-state index is 0.0936. The van der Waals surface area contributed by atoms with E-state index in [4.69, 9.17) is 4.42 Å². The topological polar surface area (TPSA) is 87.9 Å². The summed E-state index contributed by atoms with van der Waals surface area (Å²) in [5.41, 5.74) is 2.30. The Kier molecular flexibility index (Phi) is 4.65. The molecule has 1 unspecified atom stereocenters. The van der Waals surface area contributed by atoms with E-state index in [1.165, 1.54) is 29.4 Å². The maximum Gasteiger partial charge on any atom is 0.238 e. The number of imidazole rings is 1. The summed E-state index contributed by atoms with van der Waals surface area (Å²) in [6.45, 7) is 1.92. The second-order valence-electron chi connectivity index (χ2n) is 6.35. The Balaban J connectivity index is 1.63. The molecule has 0 radical (unpaired) electrons. The molecule has 1 atom stereocenters. The van der Waals surface area contributed by atoms with Crippen LogP contribution in [0.1, 0.15) is 18.9 Å². The first kappa shape index (κ1) is 17.0. The average molecular weight is 361 g/mol. The second kappa shape index (κ2) is 7.41. The number of rotatable bonds is 6. The maximum atomic E-state index is 13.3. The Hall–Kier alpha value is -3.48. The highest BCUT2D eigenvalue weighted by molar-refractivity contribution is 6.04. The SMILES string of the molecule is CC(CCc1ccccc1)C(=O)N(c1ccco1)c1ncnc2[nH]cnc12. The zero-order valence-corrected chi connectivity index (χ0v) is 14.9. The molecule has 0 aliphatic rings. The first-order chi connectivity index (χ1) is 13.2. The highest BCUT2D eigenvalue weighted by atomic mass is 16.3. The van der Waals surface area contributed by atoms with Crippen LogP contribution >= 0.6 is 0 Å². The molecular formula is C20H19N5O2. The number of aromatic nitrogens is 4. The number of fused-ring (bicyclic) bond motifs is 1. The van der Waals surface area contributed by atoms with Gasteiger partial charge in [-0.15, -0.1) is 0 Å². The number of hydrogen-bond acceptors (Lipinski definition) is 5. The van der Waals surface area contributed by atoms with Crippen molar-refractivity contribution in [3.63, 3.8) is 0 Å². The van der Waals surface area contributed by atoms with Gasteiger partial charge in [-0.2, -0.15) is 0 Å². The Morgan fingerprint density at radius 2 is 2.00 bits per heavy atom. The van der Waals surface area contributed by atoms with Gasteiger partial charge in [0, 0.05) is 12.0 Å². The quantitative estimate of drug-likeness (QED) is 0.563. The van der Waals surface area contributed by atoms with Crippen LogP contribution in [-0.4, -0.2) is 25.8 Å². The van der Waals surface area contributed by atoms with Gasteiger partial charge in [0.2, 0.25) is 11.8 Å². The summed E-state index contributed by atoms with van der Waals surface area (Å²) < 4.78 is 5.52. The van der Waals surface area contributed by atoms with E-state index in [0.29, 0.717) is 22.9 Å². The fourth-order valence-electron chi connectivity index (χ4n) is 3.00. The molecule has 1 N–H and O–H groups in total. The molecule has 136 valence electrons. The normalized spacial score (nSPS) is 12.2. The molecule has 27 heavy (non-hydrogen) atoms. The third-order valence-electron chi connectivity index (χ3n) is 4.49. The van der Waals surface area contributed by atoms with Crippen LogP contribution in [0.25, 0.3) is 11.2 Å². The molecule has 1 amide bonds.